The van der Waals surface area contributed by atoms with Crippen molar-refractivity contribution < 1.29 is 27.5 Å². The molecule has 1 aromatic heterocycles. The molecule has 124 valence electrons. The average molecular weight is 358 g/mol. The molecule has 1 aromatic rings. The molecule has 3 rings (SSSR count). The topological polar surface area (TPSA) is 101 Å². The molecule has 0 saturated carbocycles. The lowest BCUT2D eigenvalue weighted by molar-refractivity contribution is -0.143. The molecule has 3 heterocycles. The third-order valence-electron chi connectivity index (χ3n) is 3.90. The number of nitrogens with zero attached hydrogens (tertiary/aromatic N) is 2. The zero-order valence-corrected chi connectivity index (χ0v) is 13.9. The van der Waals surface area contributed by atoms with Crippen molar-refractivity contribution in [3.05, 3.63) is 16.3 Å². The van der Waals surface area contributed by atoms with Crippen LogP contribution in [0, 0.1) is 0 Å². The number of thiophene rings is 1. The maximum Gasteiger partial charge on any atom is 0.349 e. The zero-order valence-electron chi connectivity index (χ0n) is 12.2. The van der Waals surface area contributed by atoms with Crippen LogP contribution in [0.5, 0.6) is 0 Å². The SMILES string of the molecule is COC(=O)c1sccc1S(=O)(=O)N1CC(N2C(=O)CCC2=O)C1. The maximum absolute atomic E-state index is 12.6. The van der Waals surface area contributed by atoms with Gasteiger partial charge in [0.25, 0.3) is 0 Å². The van der Waals surface area contributed by atoms with Crippen molar-refractivity contribution >= 4 is 39.1 Å². The highest BCUT2D eigenvalue weighted by molar-refractivity contribution is 7.89. The molecule has 2 saturated heterocycles. The normalized spacial score (nSPS) is 20.0. The number of hydrogen-bond acceptors (Lipinski definition) is 7. The van der Waals surface area contributed by atoms with Gasteiger partial charge >= 0.3 is 5.97 Å². The van der Waals surface area contributed by atoms with E-state index in [9.17, 15) is 22.8 Å². The summed E-state index contributed by atoms with van der Waals surface area (Å²) in [4.78, 5) is 36.0. The van der Waals surface area contributed by atoms with Gasteiger partial charge in [-0.15, -0.1) is 11.3 Å². The Morgan fingerprint density at radius 3 is 2.43 bits per heavy atom. The van der Waals surface area contributed by atoms with Crippen molar-refractivity contribution in [2.75, 3.05) is 20.2 Å². The smallest absolute Gasteiger partial charge is 0.349 e. The summed E-state index contributed by atoms with van der Waals surface area (Å²) in [6.07, 6.45) is 0.359. The fraction of sp³-hybridized carbons (Fsp3) is 0.462. The van der Waals surface area contributed by atoms with Crippen molar-refractivity contribution in [1.82, 2.24) is 9.21 Å². The highest BCUT2D eigenvalue weighted by atomic mass is 32.2. The summed E-state index contributed by atoms with van der Waals surface area (Å²) in [6.45, 7) is 0.104. The summed E-state index contributed by atoms with van der Waals surface area (Å²) in [5, 5.41) is 1.50. The van der Waals surface area contributed by atoms with Gasteiger partial charge in [-0.2, -0.15) is 4.31 Å². The van der Waals surface area contributed by atoms with E-state index in [4.69, 9.17) is 0 Å². The number of carbonyl (C=O) groups is 3. The second kappa shape index (κ2) is 5.69. The molecule has 2 fully saturated rings. The molecule has 0 unspecified atom stereocenters. The largest absolute Gasteiger partial charge is 0.465 e. The monoisotopic (exact) mass is 358 g/mol. The van der Waals surface area contributed by atoms with Crippen LogP contribution in [-0.2, 0) is 24.3 Å². The van der Waals surface area contributed by atoms with Crippen LogP contribution in [0.25, 0.3) is 0 Å². The van der Waals surface area contributed by atoms with E-state index in [1.165, 1.54) is 18.6 Å². The predicted molar refractivity (Wildman–Crippen MR) is 79.3 cm³/mol. The minimum absolute atomic E-state index is 0.0178. The van der Waals surface area contributed by atoms with Gasteiger partial charge in [-0.25, -0.2) is 13.2 Å². The summed E-state index contributed by atoms with van der Waals surface area (Å²) in [5.74, 6) is -1.23. The van der Waals surface area contributed by atoms with E-state index in [0.717, 1.165) is 20.5 Å². The van der Waals surface area contributed by atoms with Crippen LogP contribution in [0.4, 0.5) is 0 Å². The number of amides is 2. The molecule has 0 radical (unpaired) electrons. The van der Waals surface area contributed by atoms with Crippen molar-refractivity contribution in [3.63, 3.8) is 0 Å². The second-order valence-electron chi connectivity index (χ2n) is 5.24. The Hall–Kier alpha value is -1.78. The van der Waals surface area contributed by atoms with Crippen molar-refractivity contribution in [2.24, 2.45) is 0 Å². The lowest BCUT2D eigenvalue weighted by Crippen LogP contribution is -2.62. The third-order valence-corrected chi connectivity index (χ3v) is 6.80. The van der Waals surface area contributed by atoms with Crippen LogP contribution in [-0.4, -0.2) is 61.6 Å². The summed E-state index contributed by atoms with van der Waals surface area (Å²) in [5.41, 5.74) is 0. The van der Waals surface area contributed by atoms with Gasteiger partial charge in [0.05, 0.1) is 13.2 Å². The molecule has 0 bridgehead atoms. The molecule has 8 nitrogen and oxygen atoms in total. The Bertz CT molecular complexity index is 762. The van der Waals surface area contributed by atoms with E-state index in [1.54, 1.807) is 0 Å². The lowest BCUT2D eigenvalue weighted by atomic mass is 10.1. The molecular weight excluding hydrogens is 344 g/mol. The first-order valence-electron chi connectivity index (χ1n) is 6.87. The Morgan fingerprint density at radius 2 is 1.87 bits per heavy atom. The van der Waals surface area contributed by atoms with Crippen molar-refractivity contribution in [1.29, 1.82) is 0 Å². The highest BCUT2D eigenvalue weighted by Crippen LogP contribution is 2.31. The van der Waals surface area contributed by atoms with Gasteiger partial charge in [0.2, 0.25) is 21.8 Å². The predicted octanol–water partition coefficient (Wildman–Crippen LogP) is 0.0566. The summed E-state index contributed by atoms with van der Waals surface area (Å²) < 4.78 is 30.9. The Balaban J connectivity index is 1.77. The average Bonchev–Trinajstić information content (AvgIpc) is 3.06. The van der Waals surface area contributed by atoms with Gasteiger partial charge in [-0.3, -0.25) is 14.5 Å². The van der Waals surface area contributed by atoms with Gasteiger partial charge in [0.1, 0.15) is 9.77 Å². The van der Waals surface area contributed by atoms with Crippen LogP contribution in [0.1, 0.15) is 22.5 Å². The first-order valence-corrected chi connectivity index (χ1v) is 9.19. The van der Waals surface area contributed by atoms with Crippen LogP contribution in [0.2, 0.25) is 0 Å². The minimum atomic E-state index is -3.85. The van der Waals surface area contributed by atoms with Crippen LogP contribution in [0.3, 0.4) is 0 Å². The van der Waals surface area contributed by atoms with E-state index in [-0.39, 0.29) is 47.5 Å². The van der Waals surface area contributed by atoms with Crippen LogP contribution in [0.15, 0.2) is 16.3 Å². The van der Waals surface area contributed by atoms with Crippen LogP contribution >= 0.6 is 11.3 Å². The summed E-state index contributed by atoms with van der Waals surface area (Å²) >= 11 is 0.989. The number of rotatable bonds is 4. The van der Waals surface area contributed by atoms with Gasteiger partial charge in [0, 0.05) is 25.9 Å². The quantitative estimate of drug-likeness (QED) is 0.557. The fourth-order valence-corrected chi connectivity index (χ4v) is 5.48. The number of carbonyl (C=O) groups excluding carboxylic acids is 3. The van der Waals surface area contributed by atoms with E-state index in [0.29, 0.717) is 0 Å². The number of methoxy groups -OCH3 is 1. The summed E-state index contributed by atoms with van der Waals surface area (Å²) in [7, 11) is -2.67. The number of esters is 1. The molecule has 0 atom stereocenters. The molecule has 0 aromatic carbocycles. The summed E-state index contributed by atoms with van der Waals surface area (Å²) in [6, 6.07) is 0.929. The number of ether oxygens (including phenoxy) is 1. The van der Waals surface area contributed by atoms with Crippen molar-refractivity contribution in [2.45, 2.75) is 23.8 Å². The van der Waals surface area contributed by atoms with E-state index in [2.05, 4.69) is 4.74 Å². The van der Waals surface area contributed by atoms with Gasteiger partial charge in [-0.1, -0.05) is 0 Å². The first-order chi connectivity index (χ1) is 10.9. The number of sulfonamides is 1. The number of likely N-dealkylation sites (tertiary alicyclic amines) is 1. The number of imide groups is 1. The standard InChI is InChI=1S/C13H14N2O6S2/c1-21-13(18)12-9(4-5-22-12)23(19,20)14-6-8(7-14)15-10(16)2-3-11(15)17/h4-5,8H,2-3,6-7H2,1H3. The molecule has 0 N–H and O–H groups in total. The molecular formula is C13H14N2O6S2. The Morgan fingerprint density at radius 1 is 1.26 bits per heavy atom. The number of hydrogen-bond donors (Lipinski definition) is 0. The Kier molecular flexibility index (Phi) is 3.98. The Labute approximate surface area is 136 Å². The molecule has 2 aliphatic heterocycles. The fourth-order valence-electron chi connectivity index (χ4n) is 2.66. The third kappa shape index (κ3) is 2.56. The van der Waals surface area contributed by atoms with E-state index < -0.39 is 22.0 Å². The van der Waals surface area contributed by atoms with Gasteiger partial charge in [0.15, 0.2) is 0 Å². The zero-order chi connectivity index (χ0) is 16.8. The highest BCUT2D eigenvalue weighted by Gasteiger charge is 2.46. The minimum Gasteiger partial charge on any atom is -0.465 e. The molecule has 0 aliphatic carbocycles. The molecule has 2 aliphatic rings. The second-order valence-corrected chi connectivity index (χ2v) is 8.06. The molecule has 10 heteroatoms. The first kappa shape index (κ1) is 16.1. The van der Waals surface area contributed by atoms with E-state index >= 15 is 0 Å². The van der Waals surface area contributed by atoms with E-state index in [1.807, 2.05) is 0 Å². The van der Waals surface area contributed by atoms with Gasteiger partial charge < -0.3 is 4.74 Å². The van der Waals surface area contributed by atoms with Crippen molar-refractivity contribution in [3.8, 4) is 0 Å². The lowest BCUT2D eigenvalue weighted by Gasteiger charge is -2.41. The molecule has 23 heavy (non-hydrogen) atoms. The van der Waals surface area contributed by atoms with Crippen LogP contribution < -0.4 is 0 Å². The molecule has 0 spiro atoms. The molecule has 2 amide bonds. The maximum atomic E-state index is 12.6. The van der Waals surface area contributed by atoms with Gasteiger partial charge in [-0.05, 0) is 11.4 Å².